The average molecular weight is 342 g/mol. The van der Waals surface area contributed by atoms with Crippen LogP contribution in [0.25, 0.3) is 16.6 Å². The molecule has 0 radical (unpaired) electrons. The minimum absolute atomic E-state index is 0.779. The van der Waals surface area contributed by atoms with E-state index in [9.17, 15) is 0 Å². The molecule has 0 saturated carbocycles. The lowest BCUT2D eigenvalue weighted by Gasteiger charge is -2.25. The van der Waals surface area contributed by atoms with Crippen molar-refractivity contribution >= 4 is 16.6 Å². The highest BCUT2D eigenvalue weighted by molar-refractivity contribution is 5.83. The van der Waals surface area contributed by atoms with Gasteiger partial charge in [-0.25, -0.2) is 4.98 Å². The summed E-state index contributed by atoms with van der Waals surface area (Å²) in [5.41, 5.74) is 6.41. The van der Waals surface area contributed by atoms with E-state index < -0.39 is 0 Å². The van der Waals surface area contributed by atoms with Crippen LogP contribution in [0.2, 0.25) is 0 Å². The molecule has 1 N–H and O–H groups in total. The Labute approximate surface area is 153 Å². The van der Waals surface area contributed by atoms with Gasteiger partial charge in [0, 0.05) is 32.4 Å². The molecular weight excluding hydrogens is 320 g/mol. The summed E-state index contributed by atoms with van der Waals surface area (Å²) in [5, 5.41) is 3.23. The SMILES string of the molecule is C=C1C(NC)=CC(c2nc3ccccc3n2Cc2ccccc2)=CN1C. The molecule has 1 aliphatic heterocycles. The molecule has 0 amide bonds. The summed E-state index contributed by atoms with van der Waals surface area (Å²) in [6.07, 6.45) is 4.21. The molecule has 130 valence electrons. The fourth-order valence-corrected chi connectivity index (χ4v) is 3.31. The zero-order chi connectivity index (χ0) is 18.1. The van der Waals surface area contributed by atoms with Crippen molar-refractivity contribution in [3.05, 3.63) is 96.2 Å². The van der Waals surface area contributed by atoms with Crippen LogP contribution in [0.5, 0.6) is 0 Å². The molecule has 26 heavy (non-hydrogen) atoms. The Bertz CT molecular complexity index is 1020. The van der Waals surface area contributed by atoms with Crippen molar-refractivity contribution in [1.82, 2.24) is 19.8 Å². The van der Waals surface area contributed by atoms with Crippen molar-refractivity contribution in [2.45, 2.75) is 6.54 Å². The van der Waals surface area contributed by atoms with Gasteiger partial charge < -0.3 is 14.8 Å². The van der Waals surface area contributed by atoms with E-state index in [1.165, 1.54) is 5.56 Å². The predicted octanol–water partition coefficient (Wildman–Crippen LogP) is 3.99. The zero-order valence-corrected chi connectivity index (χ0v) is 15.1. The van der Waals surface area contributed by atoms with Gasteiger partial charge >= 0.3 is 0 Å². The summed E-state index contributed by atoms with van der Waals surface area (Å²) in [6, 6.07) is 18.8. The molecule has 2 aromatic carbocycles. The Morgan fingerprint density at radius 3 is 2.54 bits per heavy atom. The van der Waals surface area contributed by atoms with Crippen LogP contribution in [0.1, 0.15) is 11.4 Å². The number of likely N-dealkylation sites (N-methyl/N-ethyl adjacent to an activating group) is 2. The van der Waals surface area contributed by atoms with E-state index in [0.29, 0.717) is 0 Å². The molecule has 0 spiro atoms. The van der Waals surface area contributed by atoms with Crippen LogP contribution in [-0.4, -0.2) is 28.5 Å². The minimum atomic E-state index is 0.779. The predicted molar refractivity (Wildman–Crippen MR) is 107 cm³/mol. The van der Waals surface area contributed by atoms with Gasteiger partial charge in [0.25, 0.3) is 0 Å². The molecule has 0 unspecified atom stereocenters. The minimum Gasteiger partial charge on any atom is -0.386 e. The van der Waals surface area contributed by atoms with Crippen LogP contribution in [0, 0.1) is 0 Å². The van der Waals surface area contributed by atoms with Crippen molar-refractivity contribution in [1.29, 1.82) is 0 Å². The Hall–Kier alpha value is -3.27. The van der Waals surface area contributed by atoms with Gasteiger partial charge in [0.2, 0.25) is 0 Å². The van der Waals surface area contributed by atoms with Crippen molar-refractivity contribution in [3.63, 3.8) is 0 Å². The van der Waals surface area contributed by atoms with Crippen LogP contribution in [-0.2, 0) is 6.54 Å². The van der Waals surface area contributed by atoms with E-state index in [4.69, 9.17) is 4.98 Å². The number of nitrogens with zero attached hydrogens (tertiary/aromatic N) is 3. The molecule has 4 heteroatoms. The van der Waals surface area contributed by atoms with Crippen LogP contribution < -0.4 is 5.32 Å². The third-order valence-corrected chi connectivity index (χ3v) is 4.73. The average Bonchev–Trinajstić information content (AvgIpc) is 3.03. The molecule has 1 aromatic heterocycles. The Kier molecular flexibility index (Phi) is 4.09. The number of imidazole rings is 1. The summed E-state index contributed by atoms with van der Waals surface area (Å²) < 4.78 is 2.28. The second kappa shape index (κ2) is 6.56. The number of allylic oxidation sites excluding steroid dienone is 2. The van der Waals surface area contributed by atoms with Gasteiger partial charge in [-0.1, -0.05) is 49.0 Å². The fraction of sp³-hybridized carbons (Fsp3) is 0.136. The maximum atomic E-state index is 4.93. The maximum absolute atomic E-state index is 4.93. The molecule has 2 heterocycles. The van der Waals surface area contributed by atoms with Crippen molar-refractivity contribution in [2.24, 2.45) is 0 Å². The molecule has 0 bridgehead atoms. The smallest absolute Gasteiger partial charge is 0.143 e. The lowest BCUT2D eigenvalue weighted by molar-refractivity contribution is 0.566. The fourth-order valence-electron chi connectivity index (χ4n) is 3.31. The molecule has 0 fully saturated rings. The largest absolute Gasteiger partial charge is 0.386 e. The lowest BCUT2D eigenvalue weighted by atomic mass is 10.1. The quantitative estimate of drug-likeness (QED) is 0.778. The number of nitrogens with one attached hydrogen (secondary N) is 1. The van der Waals surface area contributed by atoms with Crippen molar-refractivity contribution in [2.75, 3.05) is 14.1 Å². The number of hydrogen-bond donors (Lipinski definition) is 1. The van der Waals surface area contributed by atoms with Crippen LogP contribution in [0.4, 0.5) is 0 Å². The van der Waals surface area contributed by atoms with E-state index in [0.717, 1.165) is 40.4 Å². The molecule has 4 rings (SSSR count). The van der Waals surface area contributed by atoms with Crippen LogP contribution >= 0.6 is 0 Å². The first kappa shape index (κ1) is 16.2. The summed E-state index contributed by atoms with van der Waals surface area (Å²) in [4.78, 5) is 6.96. The highest BCUT2D eigenvalue weighted by Crippen LogP contribution is 2.29. The van der Waals surface area contributed by atoms with Gasteiger partial charge in [0.15, 0.2) is 0 Å². The van der Waals surface area contributed by atoms with E-state index in [-0.39, 0.29) is 0 Å². The standard InChI is InChI=1S/C22H22N4/c1-16-20(23-2)13-18(15-25(16)3)22-24-19-11-7-8-12-21(19)26(22)14-17-9-5-4-6-10-17/h4-13,15,23H,1,14H2,2-3H3. The second-order valence-electron chi connectivity index (χ2n) is 6.45. The Morgan fingerprint density at radius 1 is 1.04 bits per heavy atom. The monoisotopic (exact) mass is 342 g/mol. The van der Waals surface area contributed by atoms with Gasteiger partial charge in [0.05, 0.1) is 22.4 Å². The van der Waals surface area contributed by atoms with E-state index >= 15 is 0 Å². The van der Waals surface area contributed by atoms with E-state index in [1.807, 2.05) is 31.1 Å². The van der Waals surface area contributed by atoms with E-state index in [2.05, 4.69) is 71.2 Å². The summed E-state index contributed by atoms with van der Waals surface area (Å²) in [6.45, 7) is 4.91. The highest BCUT2D eigenvalue weighted by atomic mass is 15.1. The summed E-state index contributed by atoms with van der Waals surface area (Å²) in [7, 11) is 3.93. The molecular formula is C22H22N4. The number of hydrogen-bond acceptors (Lipinski definition) is 3. The second-order valence-corrected chi connectivity index (χ2v) is 6.45. The van der Waals surface area contributed by atoms with Gasteiger partial charge in [-0.05, 0) is 23.8 Å². The number of fused-ring (bicyclic) bond motifs is 1. The topological polar surface area (TPSA) is 33.1 Å². The first-order valence-electron chi connectivity index (χ1n) is 8.70. The highest BCUT2D eigenvalue weighted by Gasteiger charge is 2.19. The molecule has 4 nitrogen and oxygen atoms in total. The van der Waals surface area contributed by atoms with Gasteiger partial charge in [-0.2, -0.15) is 0 Å². The number of rotatable bonds is 4. The number of aromatic nitrogens is 2. The Morgan fingerprint density at radius 2 is 1.77 bits per heavy atom. The van der Waals surface area contributed by atoms with Gasteiger partial charge in [-0.15, -0.1) is 0 Å². The Balaban J connectivity index is 1.87. The third-order valence-electron chi connectivity index (χ3n) is 4.73. The van der Waals surface area contributed by atoms with E-state index in [1.54, 1.807) is 0 Å². The van der Waals surface area contributed by atoms with Gasteiger partial charge in [0.1, 0.15) is 5.82 Å². The first-order valence-corrected chi connectivity index (χ1v) is 8.70. The lowest BCUT2D eigenvalue weighted by Crippen LogP contribution is -2.22. The summed E-state index contributed by atoms with van der Waals surface area (Å²) in [5.74, 6) is 0.960. The van der Waals surface area contributed by atoms with Crippen LogP contribution in [0.3, 0.4) is 0 Å². The number of para-hydroxylation sites is 2. The maximum Gasteiger partial charge on any atom is 0.143 e. The normalized spacial score (nSPS) is 14.4. The molecule has 3 aromatic rings. The third kappa shape index (κ3) is 2.80. The molecule has 1 aliphatic rings. The number of benzene rings is 2. The first-order chi connectivity index (χ1) is 12.7. The van der Waals surface area contributed by atoms with Gasteiger partial charge in [-0.3, -0.25) is 0 Å². The zero-order valence-electron chi connectivity index (χ0n) is 15.1. The molecule has 0 aliphatic carbocycles. The van der Waals surface area contributed by atoms with Crippen LogP contribution in [0.15, 0.2) is 84.8 Å². The molecule has 0 saturated heterocycles. The molecule has 0 atom stereocenters. The van der Waals surface area contributed by atoms with Crippen molar-refractivity contribution in [3.8, 4) is 0 Å². The summed E-state index contributed by atoms with van der Waals surface area (Å²) >= 11 is 0. The van der Waals surface area contributed by atoms with Crippen molar-refractivity contribution < 1.29 is 0 Å².